The average molecular weight is 522 g/mol. The van der Waals surface area contributed by atoms with Gasteiger partial charge in [-0.1, -0.05) is 42.4 Å². The summed E-state index contributed by atoms with van der Waals surface area (Å²) < 4.78 is 11.6. The Morgan fingerprint density at radius 3 is 2.42 bits per heavy atom. The predicted octanol–water partition coefficient (Wildman–Crippen LogP) is 5.43. The van der Waals surface area contributed by atoms with Crippen LogP contribution in [0.2, 0.25) is 0 Å². The molecule has 38 heavy (non-hydrogen) atoms. The molecule has 1 unspecified atom stereocenters. The smallest absolute Gasteiger partial charge is 0.324 e. The molecule has 1 amide bonds. The minimum absolute atomic E-state index is 0.0469. The normalized spacial score (nSPS) is 21.4. The molecule has 0 N–H and O–H groups in total. The maximum absolute atomic E-state index is 12.9. The molecule has 3 heterocycles. The molecular weight excluding hydrogens is 482 g/mol. The number of hydrogen-bond acceptors (Lipinski definition) is 8. The molecule has 0 saturated carbocycles. The topological polar surface area (TPSA) is 101 Å². The van der Waals surface area contributed by atoms with Crippen molar-refractivity contribution < 1.29 is 14.1 Å². The van der Waals surface area contributed by atoms with Crippen LogP contribution in [0, 0.1) is 16.7 Å². The first-order valence-corrected chi connectivity index (χ1v) is 14.1. The van der Waals surface area contributed by atoms with Crippen molar-refractivity contribution >= 4 is 17.5 Å². The Bertz CT molecular complexity index is 1110. The SMILES string of the molecule is CC(C)c1noc(N2CCC(COc3ccc(C4=CCC(C(=O)N5CCC(N=O)CC5)CC4)cc3)CC2)n1. The van der Waals surface area contributed by atoms with Gasteiger partial charge in [-0.2, -0.15) is 9.89 Å². The first-order valence-electron chi connectivity index (χ1n) is 14.1. The number of benzene rings is 1. The molecule has 0 spiro atoms. The van der Waals surface area contributed by atoms with Crippen molar-refractivity contribution in [3.63, 3.8) is 0 Å². The third-order valence-electron chi connectivity index (χ3n) is 8.23. The highest BCUT2D eigenvalue weighted by Crippen LogP contribution is 2.33. The number of piperidine rings is 2. The zero-order chi connectivity index (χ0) is 26.5. The molecule has 3 aliphatic rings. The van der Waals surface area contributed by atoms with Gasteiger partial charge in [0.2, 0.25) is 5.91 Å². The van der Waals surface area contributed by atoms with E-state index in [2.05, 4.69) is 64.4 Å². The number of allylic oxidation sites excluding steroid dienone is 2. The summed E-state index contributed by atoms with van der Waals surface area (Å²) in [5.74, 6) is 2.71. The van der Waals surface area contributed by atoms with Crippen molar-refractivity contribution in [3.05, 3.63) is 46.6 Å². The third kappa shape index (κ3) is 6.25. The summed E-state index contributed by atoms with van der Waals surface area (Å²) >= 11 is 0. The number of carbonyl (C=O) groups excluding carboxylic acids is 1. The highest BCUT2D eigenvalue weighted by molar-refractivity contribution is 5.81. The van der Waals surface area contributed by atoms with Crippen LogP contribution >= 0.6 is 0 Å². The van der Waals surface area contributed by atoms with Gasteiger partial charge in [0.15, 0.2) is 5.82 Å². The fraction of sp³-hybridized carbons (Fsp3) is 0.621. The molecule has 2 aliphatic heterocycles. The molecule has 1 aromatic heterocycles. The van der Waals surface area contributed by atoms with Gasteiger partial charge < -0.3 is 19.1 Å². The summed E-state index contributed by atoms with van der Waals surface area (Å²) in [4.78, 5) is 32.3. The van der Waals surface area contributed by atoms with E-state index in [1.807, 2.05) is 4.90 Å². The Hall–Kier alpha value is -3.23. The standard InChI is InChI=1S/C29H39N5O4/c1-20(2)27-30-29(38-32-27)34-15-11-21(12-16-34)19-37-26-9-7-23(8-10-26)22-3-5-24(6-4-22)28(35)33-17-13-25(31-36)14-18-33/h3,7-10,20-21,24-25H,4-6,11-19H2,1-2H3. The predicted molar refractivity (Wildman–Crippen MR) is 146 cm³/mol. The van der Waals surface area contributed by atoms with Crippen LogP contribution in [0.3, 0.4) is 0 Å². The van der Waals surface area contributed by atoms with E-state index in [1.54, 1.807) is 0 Å². The number of nitroso groups, excluding NO2 is 1. The van der Waals surface area contributed by atoms with E-state index in [1.165, 1.54) is 11.1 Å². The number of ether oxygens (including phenoxy) is 1. The quantitative estimate of drug-likeness (QED) is 0.427. The fourth-order valence-electron chi connectivity index (χ4n) is 5.63. The first-order chi connectivity index (χ1) is 18.5. The lowest BCUT2D eigenvalue weighted by atomic mass is 9.85. The summed E-state index contributed by atoms with van der Waals surface area (Å²) in [5, 5.41) is 7.22. The van der Waals surface area contributed by atoms with Crippen LogP contribution in [-0.4, -0.2) is 59.8 Å². The lowest BCUT2D eigenvalue weighted by molar-refractivity contribution is -0.136. The van der Waals surface area contributed by atoms with Gasteiger partial charge in [-0.15, -0.1) is 0 Å². The molecule has 9 heteroatoms. The zero-order valence-corrected chi connectivity index (χ0v) is 22.6. The van der Waals surface area contributed by atoms with Crippen LogP contribution in [0.1, 0.15) is 76.1 Å². The van der Waals surface area contributed by atoms with Crippen LogP contribution in [0.15, 0.2) is 40.0 Å². The van der Waals surface area contributed by atoms with Crippen LogP contribution in [-0.2, 0) is 4.79 Å². The minimum Gasteiger partial charge on any atom is -0.493 e. The van der Waals surface area contributed by atoms with Gasteiger partial charge in [0.05, 0.1) is 12.6 Å². The Labute approximate surface area is 224 Å². The second kappa shape index (κ2) is 12.1. The van der Waals surface area contributed by atoms with Crippen molar-refractivity contribution in [1.82, 2.24) is 15.0 Å². The van der Waals surface area contributed by atoms with E-state index in [0.717, 1.165) is 56.8 Å². The van der Waals surface area contributed by atoms with Crippen LogP contribution in [0.4, 0.5) is 6.01 Å². The van der Waals surface area contributed by atoms with E-state index in [9.17, 15) is 9.70 Å². The molecule has 2 saturated heterocycles. The van der Waals surface area contributed by atoms with E-state index >= 15 is 0 Å². The summed E-state index contributed by atoms with van der Waals surface area (Å²) in [6.07, 6.45) is 8.23. The number of nitrogens with zero attached hydrogens (tertiary/aromatic N) is 5. The molecule has 204 valence electrons. The second-order valence-electron chi connectivity index (χ2n) is 11.2. The van der Waals surface area contributed by atoms with E-state index in [-0.39, 0.29) is 23.8 Å². The van der Waals surface area contributed by atoms with Crippen molar-refractivity contribution in [3.8, 4) is 5.75 Å². The Balaban J connectivity index is 1.05. The number of amides is 1. The van der Waals surface area contributed by atoms with Crippen molar-refractivity contribution in [1.29, 1.82) is 0 Å². The van der Waals surface area contributed by atoms with Gasteiger partial charge in [-0.05, 0) is 74.1 Å². The third-order valence-corrected chi connectivity index (χ3v) is 8.23. The number of anilines is 1. The van der Waals surface area contributed by atoms with Crippen molar-refractivity contribution in [2.75, 3.05) is 37.7 Å². The maximum atomic E-state index is 12.9. The molecule has 2 fully saturated rings. The van der Waals surface area contributed by atoms with Gasteiger partial charge in [0.1, 0.15) is 5.75 Å². The van der Waals surface area contributed by atoms with Gasteiger partial charge in [-0.3, -0.25) is 4.79 Å². The number of hydrogen-bond donors (Lipinski definition) is 0. The first kappa shape index (κ1) is 26.4. The summed E-state index contributed by atoms with van der Waals surface area (Å²) in [7, 11) is 0. The summed E-state index contributed by atoms with van der Waals surface area (Å²) in [6, 6.07) is 8.88. The molecular formula is C29H39N5O4. The highest BCUT2D eigenvalue weighted by Gasteiger charge is 2.30. The van der Waals surface area contributed by atoms with Gasteiger partial charge in [-0.25, -0.2) is 0 Å². The number of carbonyl (C=O) groups is 1. The fourth-order valence-corrected chi connectivity index (χ4v) is 5.63. The van der Waals surface area contributed by atoms with Gasteiger partial charge >= 0.3 is 6.01 Å². The van der Waals surface area contributed by atoms with E-state index in [0.29, 0.717) is 44.5 Å². The van der Waals surface area contributed by atoms with E-state index < -0.39 is 0 Å². The van der Waals surface area contributed by atoms with Gasteiger partial charge in [0.25, 0.3) is 0 Å². The number of likely N-dealkylation sites (tertiary alicyclic amines) is 1. The minimum atomic E-state index is -0.127. The maximum Gasteiger partial charge on any atom is 0.324 e. The van der Waals surface area contributed by atoms with Crippen molar-refractivity contribution in [2.24, 2.45) is 17.0 Å². The Morgan fingerprint density at radius 1 is 1.08 bits per heavy atom. The number of aromatic nitrogens is 2. The summed E-state index contributed by atoms with van der Waals surface area (Å²) in [5.41, 5.74) is 2.51. The average Bonchev–Trinajstić information content (AvgIpc) is 3.47. The Kier molecular flexibility index (Phi) is 8.39. The number of rotatable bonds is 8. The summed E-state index contributed by atoms with van der Waals surface area (Å²) in [6.45, 7) is 7.95. The lowest BCUT2D eigenvalue weighted by Crippen LogP contribution is -2.42. The molecule has 2 aromatic rings. The molecule has 1 aromatic carbocycles. The Morgan fingerprint density at radius 2 is 1.82 bits per heavy atom. The molecule has 1 atom stereocenters. The van der Waals surface area contributed by atoms with Crippen LogP contribution < -0.4 is 9.64 Å². The lowest BCUT2D eigenvalue weighted by Gasteiger charge is -2.33. The van der Waals surface area contributed by atoms with Crippen LogP contribution in [0.25, 0.3) is 5.57 Å². The van der Waals surface area contributed by atoms with Crippen molar-refractivity contribution in [2.45, 2.75) is 70.8 Å². The molecule has 0 bridgehead atoms. The van der Waals surface area contributed by atoms with Crippen LogP contribution in [0.5, 0.6) is 5.75 Å². The molecule has 1 aliphatic carbocycles. The molecule has 9 nitrogen and oxygen atoms in total. The molecule has 0 radical (unpaired) electrons. The largest absolute Gasteiger partial charge is 0.493 e. The highest BCUT2D eigenvalue weighted by atomic mass is 16.5. The second-order valence-corrected chi connectivity index (χ2v) is 11.2. The zero-order valence-electron chi connectivity index (χ0n) is 22.6. The van der Waals surface area contributed by atoms with Gasteiger partial charge in [0, 0.05) is 38.0 Å². The monoisotopic (exact) mass is 521 g/mol. The van der Waals surface area contributed by atoms with E-state index in [4.69, 9.17) is 9.26 Å². The molecule has 5 rings (SSSR count).